The minimum Gasteiger partial charge on any atom is -0.455 e. The Balaban J connectivity index is 2.20. The van der Waals surface area contributed by atoms with Gasteiger partial charge in [-0.1, -0.05) is 30.3 Å². The van der Waals surface area contributed by atoms with Crippen molar-refractivity contribution in [3.05, 3.63) is 62.3 Å². The molecule has 0 N–H and O–H groups in total. The van der Waals surface area contributed by atoms with E-state index in [1.54, 1.807) is 24.3 Å². The zero-order valence-electron chi connectivity index (χ0n) is 11.4. The van der Waals surface area contributed by atoms with E-state index in [-0.39, 0.29) is 16.4 Å². The second kappa shape index (κ2) is 5.88. The Kier molecular flexibility index (Phi) is 4.05. The van der Waals surface area contributed by atoms with Crippen LogP contribution >= 0.6 is 22.6 Å². The van der Waals surface area contributed by atoms with Crippen molar-refractivity contribution in [2.24, 2.45) is 0 Å². The van der Waals surface area contributed by atoms with Crippen LogP contribution in [0.15, 0.2) is 57.7 Å². The van der Waals surface area contributed by atoms with Crippen LogP contribution in [0.25, 0.3) is 22.3 Å². The lowest BCUT2D eigenvalue weighted by Crippen LogP contribution is -2.17. The molecule has 0 saturated carbocycles. The summed E-state index contributed by atoms with van der Waals surface area (Å²) in [6.07, 6.45) is -4.81. The smallest absolute Gasteiger partial charge is 0.455 e. The summed E-state index contributed by atoms with van der Waals surface area (Å²) in [5.41, 5.74) is 0.401. The van der Waals surface area contributed by atoms with Gasteiger partial charge in [-0.05, 0) is 34.7 Å². The largest absolute Gasteiger partial charge is 0.573 e. The van der Waals surface area contributed by atoms with Crippen molar-refractivity contribution in [3.8, 4) is 17.1 Å². The Labute approximate surface area is 141 Å². The molecule has 0 amide bonds. The zero-order valence-corrected chi connectivity index (χ0v) is 13.5. The standard InChI is InChI=1S/C16H8F3IO3/c17-16(18,19)23-10-6-7-11-12(8-10)22-15(13(20)14(11)21)9-4-2-1-3-5-9/h1-8H. The Bertz CT molecular complexity index is 917. The van der Waals surface area contributed by atoms with Crippen LogP contribution in [0.3, 0.4) is 0 Å². The molecule has 0 spiro atoms. The molecule has 1 aromatic heterocycles. The van der Waals surface area contributed by atoms with Gasteiger partial charge in [-0.2, -0.15) is 0 Å². The van der Waals surface area contributed by atoms with Gasteiger partial charge >= 0.3 is 6.36 Å². The number of halogens is 4. The van der Waals surface area contributed by atoms with Gasteiger partial charge in [0, 0.05) is 11.6 Å². The highest BCUT2D eigenvalue weighted by molar-refractivity contribution is 14.1. The quantitative estimate of drug-likeness (QED) is 0.538. The van der Waals surface area contributed by atoms with E-state index in [4.69, 9.17) is 4.42 Å². The summed E-state index contributed by atoms with van der Waals surface area (Å²) in [7, 11) is 0. The van der Waals surface area contributed by atoms with Crippen molar-refractivity contribution in [1.82, 2.24) is 0 Å². The van der Waals surface area contributed by atoms with Crippen LogP contribution in [0.2, 0.25) is 0 Å². The van der Waals surface area contributed by atoms with Crippen molar-refractivity contribution in [1.29, 1.82) is 0 Å². The van der Waals surface area contributed by atoms with Crippen LogP contribution in [-0.4, -0.2) is 6.36 Å². The van der Waals surface area contributed by atoms with Gasteiger partial charge in [-0.3, -0.25) is 4.79 Å². The zero-order chi connectivity index (χ0) is 16.6. The molecule has 0 radical (unpaired) electrons. The van der Waals surface area contributed by atoms with Crippen LogP contribution in [0, 0.1) is 3.57 Å². The van der Waals surface area contributed by atoms with E-state index < -0.39 is 12.1 Å². The normalized spacial score (nSPS) is 11.7. The molecule has 0 bridgehead atoms. The molecule has 3 aromatic rings. The Morgan fingerprint density at radius 3 is 2.39 bits per heavy atom. The average Bonchev–Trinajstić information content (AvgIpc) is 2.50. The van der Waals surface area contributed by atoms with Crippen molar-refractivity contribution < 1.29 is 22.3 Å². The number of benzene rings is 2. The van der Waals surface area contributed by atoms with Gasteiger partial charge in [0.1, 0.15) is 14.9 Å². The SMILES string of the molecule is O=c1c(I)c(-c2ccccc2)oc2cc(OC(F)(F)F)ccc12. The summed E-state index contributed by atoms with van der Waals surface area (Å²) in [6, 6.07) is 12.3. The van der Waals surface area contributed by atoms with E-state index in [9.17, 15) is 18.0 Å². The van der Waals surface area contributed by atoms with E-state index in [1.165, 1.54) is 6.07 Å². The van der Waals surface area contributed by atoms with E-state index in [0.29, 0.717) is 14.9 Å². The predicted octanol–water partition coefficient (Wildman–Crippen LogP) is 4.96. The maximum Gasteiger partial charge on any atom is 0.573 e. The summed E-state index contributed by atoms with van der Waals surface area (Å²) in [6.45, 7) is 0. The third-order valence-electron chi connectivity index (χ3n) is 3.08. The van der Waals surface area contributed by atoms with Gasteiger partial charge in [0.05, 0.1) is 5.39 Å². The summed E-state index contributed by atoms with van der Waals surface area (Å²) in [4.78, 5) is 12.4. The highest BCUT2D eigenvalue weighted by Gasteiger charge is 2.31. The van der Waals surface area contributed by atoms with Gasteiger partial charge in [0.15, 0.2) is 5.76 Å². The lowest BCUT2D eigenvalue weighted by atomic mass is 10.1. The molecule has 0 fully saturated rings. The Morgan fingerprint density at radius 1 is 1.04 bits per heavy atom. The first-order chi connectivity index (χ1) is 10.8. The molecule has 118 valence electrons. The molecule has 0 aliphatic carbocycles. The van der Waals surface area contributed by atoms with Crippen molar-refractivity contribution in [2.75, 3.05) is 0 Å². The van der Waals surface area contributed by atoms with Gasteiger partial charge in [-0.15, -0.1) is 13.2 Å². The van der Waals surface area contributed by atoms with Crippen LogP contribution in [-0.2, 0) is 0 Å². The van der Waals surface area contributed by atoms with Crippen LogP contribution in [0.1, 0.15) is 0 Å². The summed E-state index contributed by atoms with van der Waals surface area (Å²) < 4.78 is 46.8. The molecule has 1 heterocycles. The molecular formula is C16H8F3IO3. The number of hydrogen-bond acceptors (Lipinski definition) is 3. The van der Waals surface area contributed by atoms with Crippen molar-refractivity contribution in [3.63, 3.8) is 0 Å². The highest BCUT2D eigenvalue weighted by atomic mass is 127. The number of hydrogen-bond donors (Lipinski definition) is 0. The third-order valence-corrected chi connectivity index (χ3v) is 4.06. The third kappa shape index (κ3) is 3.34. The fourth-order valence-electron chi connectivity index (χ4n) is 2.12. The van der Waals surface area contributed by atoms with Crippen molar-refractivity contribution in [2.45, 2.75) is 6.36 Å². The second-order valence-electron chi connectivity index (χ2n) is 4.65. The second-order valence-corrected chi connectivity index (χ2v) is 5.72. The maximum absolute atomic E-state index is 12.4. The molecular weight excluding hydrogens is 424 g/mol. The molecule has 3 nitrogen and oxygen atoms in total. The minimum absolute atomic E-state index is 0.0380. The number of ether oxygens (including phenoxy) is 1. The van der Waals surface area contributed by atoms with Crippen LogP contribution in [0.4, 0.5) is 13.2 Å². The van der Waals surface area contributed by atoms with Gasteiger partial charge in [0.25, 0.3) is 0 Å². The summed E-state index contributed by atoms with van der Waals surface area (Å²) in [5.74, 6) is -0.124. The minimum atomic E-state index is -4.81. The predicted molar refractivity (Wildman–Crippen MR) is 87.3 cm³/mol. The van der Waals surface area contributed by atoms with E-state index in [1.807, 2.05) is 28.7 Å². The number of fused-ring (bicyclic) bond motifs is 1. The highest BCUT2D eigenvalue weighted by Crippen LogP contribution is 2.30. The van der Waals surface area contributed by atoms with E-state index in [0.717, 1.165) is 12.1 Å². The fraction of sp³-hybridized carbons (Fsp3) is 0.0625. The van der Waals surface area contributed by atoms with Crippen LogP contribution in [0.5, 0.6) is 5.75 Å². The summed E-state index contributed by atoms with van der Waals surface area (Å²) >= 11 is 1.87. The molecule has 0 unspecified atom stereocenters. The number of rotatable bonds is 2. The first kappa shape index (κ1) is 15.9. The first-order valence-electron chi connectivity index (χ1n) is 6.43. The monoisotopic (exact) mass is 432 g/mol. The molecule has 2 aromatic carbocycles. The molecule has 0 aliphatic rings. The first-order valence-corrected chi connectivity index (χ1v) is 7.50. The van der Waals surface area contributed by atoms with Gasteiger partial charge < -0.3 is 9.15 Å². The topological polar surface area (TPSA) is 39.4 Å². The van der Waals surface area contributed by atoms with Gasteiger partial charge in [0.2, 0.25) is 5.43 Å². The average molecular weight is 432 g/mol. The van der Waals surface area contributed by atoms with Crippen molar-refractivity contribution >= 4 is 33.6 Å². The molecule has 3 rings (SSSR count). The van der Waals surface area contributed by atoms with Gasteiger partial charge in [-0.25, -0.2) is 0 Å². The number of alkyl halides is 3. The molecule has 0 aliphatic heterocycles. The maximum atomic E-state index is 12.4. The molecule has 7 heteroatoms. The fourth-order valence-corrected chi connectivity index (χ4v) is 2.84. The van der Waals surface area contributed by atoms with Crippen LogP contribution < -0.4 is 10.2 Å². The molecule has 0 atom stereocenters. The summed E-state index contributed by atoms with van der Waals surface area (Å²) in [5, 5.41) is 0.198. The molecule has 23 heavy (non-hydrogen) atoms. The molecule has 0 saturated heterocycles. The van der Waals surface area contributed by atoms with E-state index in [2.05, 4.69) is 4.74 Å². The Hall–Kier alpha value is -2.03. The van der Waals surface area contributed by atoms with E-state index >= 15 is 0 Å². The Morgan fingerprint density at radius 2 is 1.74 bits per heavy atom. The lowest BCUT2D eigenvalue weighted by molar-refractivity contribution is -0.274. The lowest BCUT2D eigenvalue weighted by Gasteiger charge is -2.10.